The first-order valence-corrected chi connectivity index (χ1v) is 8.23. The van der Waals surface area contributed by atoms with Gasteiger partial charge in [-0.1, -0.05) is 0 Å². The summed E-state index contributed by atoms with van der Waals surface area (Å²) in [5.41, 5.74) is 2.35. The number of rotatable bonds is 1. The van der Waals surface area contributed by atoms with Crippen LogP contribution in [0.25, 0.3) is 5.52 Å². The predicted octanol–water partition coefficient (Wildman–Crippen LogP) is 3.32. The Morgan fingerprint density at radius 2 is 2.04 bits per heavy atom. The van der Waals surface area contributed by atoms with Crippen LogP contribution in [0.2, 0.25) is 0 Å². The van der Waals surface area contributed by atoms with E-state index < -0.39 is 5.60 Å². The molecule has 1 aliphatic heterocycles. The van der Waals surface area contributed by atoms with Crippen molar-refractivity contribution in [3.05, 3.63) is 35.7 Å². The van der Waals surface area contributed by atoms with E-state index in [9.17, 15) is 4.79 Å². The van der Waals surface area contributed by atoms with Crippen LogP contribution in [0.1, 0.15) is 50.7 Å². The number of carbonyl (C=O) groups excluding carboxylic acids is 1. The lowest BCUT2D eigenvalue weighted by Crippen LogP contribution is -2.41. The third-order valence-electron chi connectivity index (χ3n) is 4.26. The molecule has 24 heavy (non-hydrogen) atoms. The fourth-order valence-electron chi connectivity index (χ4n) is 3.08. The highest BCUT2D eigenvalue weighted by Crippen LogP contribution is 2.31. The molecule has 1 amide bonds. The van der Waals surface area contributed by atoms with Crippen molar-refractivity contribution in [1.82, 2.24) is 14.5 Å². The number of piperidine rings is 1. The van der Waals surface area contributed by atoms with Crippen LogP contribution in [-0.4, -0.2) is 39.3 Å². The van der Waals surface area contributed by atoms with Gasteiger partial charge in [-0.15, -0.1) is 0 Å². The average molecular weight is 326 g/mol. The van der Waals surface area contributed by atoms with E-state index in [1.165, 1.54) is 5.56 Å². The van der Waals surface area contributed by atoms with Crippen molar-refractivity contribution in [2.75, 3.05) is 13.1 Å². The van der Waals surface area contributed by atoms with Crippen LogP contribution in [0.15, 0.2) is 24.5 Å². The van der Waals surface area contributed by atoms with Crippen LogP contribution >= 0.6 is 0 Å². The molecule has 1 saturated heterocycles. The molecular weight excluding hydrogens is 304 g/mol. The quantitative estimate of drug-likeness (QED) is 0.806. The van der Waals surface area contributed by atoms with Crippen molar-refractivity contribution in [3.63, 3.8) is 0 Å². The molecule has 0 unspecified atom stereocenters. The maximum atomic E-state index is 12.1. The first-order valence-electron chi connectivity index (χ1n) is 8.23. The van der Waals surface area contributed by atoms with E-state index in [0.29, 0.717) is 24.6 Å². The zero-order chi connectivity index (χ0) is 17.3. The second-order valence-electron chi connectivity index (χ2n) is 7.20. The third-order valence-corrected chi connectivity index (χ3v) is 4.26. The molecule has 2 aromatic heterocycles. The summed E-state index contributed by atoms with van der Waals surface area (Å²) in [7, 11) is 0. The maximum absolute atomic E-state index is 12.1. The van der Waals surface area contributed by atoms with Gasteiger partial charge in [0, 0.05) is 24.8 Å². The molecule has 0 saturated carbocycles. The Kier molecular flexibility index (Phi) is 4.18. The zero-order valence-electron chi connectivity index (χ0n) is 14.3. The highest BCUT2D eigenvalue weighted by molar-refractivity contribution is 5.68. The van der Waals surface area contributed by atoms with E-state index in [4.69, 9.17) is 10.00 Å². The number of hydrogen-bond donors (Lipinski definition) is 0. The van der Waals surface area contributed by atoms with Crippen molar-refractivity contribution in [2.45, 2.75) is 45.1 Å². The zero-order valence-corrected chi connectivity index (χ0v) is 14.3. The van der Waals surface area contributed by atoms with Gasteiger partial charge in [0.25, 0.3) is 0 Å². The van der Waals surface area contributed by atoms with Gasteiger partial charge in [0.05, 0.1) is 17.3 Å². The summed E-state index contributed by atoms with van der Waals surface area (Å²) in [5, 5.41) is 13.3. The minimum atomic E-state index is -0.463. The molecule has 0 aliphatic carbocycles. The SMILES string of the molecule is CC(C)(C)OC(=O)N1CCC(c2cnn3cc(C#N)ccc23)CC1. The van der Waals surface area contributed by atoms with E-state index in [1.54, 1.807) is 15.6 Å². The second kappa shape index (κ2) is 6.16. The number of nitriles is 1. The van der Waals surface area contributed by atoms with E-state index in [2.05, 4.69) is 11.2 Å². The number of amides is 1. The summed E-state index contributed by atoms with van der Waals surface area (Å²) in [6, 6.07) is 5.89. The Hall–Kier alpha value is -2.55. The van der Waals surface area contributed by atoms with Crippen molar-refractivity contribution >= 4 is 11.6 Å². The number of hydrogen-bond acceptors (Lipinski definition) is 4. The number of nitrogens with zero attached hydrogens (tertiary/aromatic N) is 4. The van der Waals surface area contributed by atoms with E-state index >= 15 is 0 Å². The highest BCUT2D eigenvalue weighted by Gasteiger charge is 2.28. The normalized spacial score (nSPS) is 16.2. The summed E-state index contributed by atoms with van der Waals surface area (Å²) in [4.78, 5) is 13.9. The van der Waals surface area contributed by atoms with Gasteiger partial charge < -0.3 is 9.64 Å². The number of pyridine rings is 1. The molecule has 1 aliphatic rings. The van der Waals surface area contributed by atoms with Crippen LogP contribution < -0.4 is 0 Å². The largest absolute Gasteiger partial charge is 0.444 e. The predicted molar refractivity (Wildman–Crippen MR) is 89.7 cm³/mol. The number of aromatic nitrogens is 2. The molecule has 6 heteroatoms. The van der Waals surface area contributed by atoms with Crippen LogP contribution in [0.3, 0.4) is 0 Å². The van der Waals surface area contributed by atoms with Gasteiger partial charge in [0.1, 0.15) is 11.7 Å². The molecule has 0 bridgehead atoms. The molecule has 3 rings (SSSR count). The summed E-state index contributed by atoms with van der Waals surface area (Å²) in [6.07, 6.45) is 5.17. The minimum Gasteiger partial charge on any atom is -0.444 e. The number of ether oxygens (including phenoxy) is 1. The number of likely N-dealkylation sites (tertiary alicyclic amines) is 1. The molecule has 0 spiro atoms. The van der Waals surface area contributed by atoms with Crippen LogP contribution in [0, 0.1) is 11.3 Å². The van der Waals surface area contributed by atoms with E-state index in [0.717, 1.165) is 18.4 Å². The van der Waals surface area contributed by atoms with Gasteiger partial charge in [0.2, 0.25) is 0 Å². The molecule has 0 atom stereocenters. The number of carbonyl (C=O) groups is 1. The smallest absolute Gasteiger partial charge is 0.410 e. The highest BCUT2D eigenvalue weighted by atomic mass is 16.6. The molecule has 2 aromatic rings. The van der Waals surface area contributed by atoms with Crippen molar-refractivity contribution in [1.29, 1.82) is 5.26 Å². The van der Waals surface area contributed by atoms with Crippen LogP contribution in [0.4, 0.5) is 4.79 Å². The van der Waals surface area contributed by atoms with Gasteiger partial charge in [-0.2, -0.15) is 10.4 Å². The van der Waals surface area contributed by atoms with Gasteiger partial charge >= 0.3 is 6.09 Å². The fourth-order valence-corrected chi connectivity index (χ4v) is 3.08. The lowest BCUT2D eigenvalue weighted by atomic mass is 9.90. The first kappa shape index (κ1) is 16.3. The Morgan fingerprint density at radius 3 is 2.67 bits per heavy atom. The molecule has 0 radical (unpaired) electrons. The van der Waals surface area contributed by atoms with Gasteiger partial charge in [0.15, 0.2) is 0 Å². The molecule has 0 aromatic carbocycles. The Morgan fingerprint density at radius 1 is 1.33 bits per heavy atom. The maximum Gasteiger partial charge on any atom is 0.410 e. The summed E-state index contributed by atoms with van der Waals surface area (Å²) >= 11 is 0. The third kappa shape index (κ3) is 3.35. The standard InChI is InChI=1S/C18H22N4O2/c1-18(2,3)24-17(23)21-8-6-14(7-9-21)15-11-20-22-12-13(10-19)4-5-16(15)22/h4-5,11-12,14H,6-9H2,1-3H3. The molecule has 6 nitrogen and oxygen atoms in total. The van der Waals surface area contributed by atoms with Gasteiger partial charge in [-0.25, -0.2) is 9.31 Å². The molecule has 1 fully saturated rings. The van der Waals surface area contributed by atoms with Gasteiger partial charge in [-0.3, -0.25) is 0 Å². The molecule has 126 valence electrons. The number of fused-ring (bicyclic) bond motifs is 1. The fraction of sp³-hybridized carbons (Fsp3) is 0.500. The minimum absolute atomic E-state index is 0.237. The lowest BCUT2D eigenvalue weighted by molar-refractivity contribution is 0.0205. The van der Waals surface area contributed by atoms with E-state index in [-0.39, 0.29) is 6.09 Å². The topological polar surface area (TPSA) is 70.6 Å². The monoisotopic (exact) mass is 326 g/mol. The van der Waals surface area contributed by atoms with Crippen LogP contribution in [0.5, 0.6) is 0 Å². The summed E-state index contributed by atoms with van der Waals surface area (Å²) in [5.74, 6) is 0.370. The second-order valence-corrected chi connectivity index (χ2v) is 7.20. The Balaban J connectivity index is 1.69. The summed E-state index contributed by atoms with van der Waals surface area (Å²) in [6.45, 7) is 7.02. The van der Waals surface area contributed by atoms with Crippen molar-refractivity contribution in [2.24, 2.45) is 0 Å². The Labute approximate surface area is 141 Å². The Bertz CT molecular complexity index is 789. The van der Waals surface area contributed by atoms with Crippen molar-refractivity contribution < 1.29 is 9.53 Å². The lowest BCUT2D eigenvalue weighted by Gasteiger charge is -2.33. The first-order chi connectivity index (χ1) is 11.4. The van der Waals surface area contributed by atoms with E-state index in [1.807, 2.05) is 39.1 Å². The van der Waals surface area contributed by atoms with Crippen molar-refractivity contribution in [3.8, 4) is 6.07 Å². The molecule has 0 N–H and O–H groups in total. The average Bonchev–Trinajstić information content (AvgIpc) is 2.96. The molecule has 3 heterocycles. The molecular formula is C18H22N4O2. The van der Waals surface area contributed by atoms with Gasteiger partial charge in [-0.05, 0) is 51.7 Å². The summed E-state index contributed by atoms with van der Waals surface area (Å²) < 4.78 is 7.20. The van der Waals surface area contributed by atoms with Crippen LogP contribution in [-0.2, 0) is 4.74 Å².